The van der Waals surface area contributed by atoms with E-state index in [1.54, 1.807) is 48.5 Å². The molecule has 0 unspecified atom stereocenters. The monoisotopic (exact) mass is 501 g/mol. The molecule has 186 valence electrons. The van der Waals surface area contributed by atoms with Gasteiger partial charge in [0.2, 0.25) is 11.8 Å². The second kappa shape index (κ2) is 8.42. The lowest BCUT2D eigenvalue weighted by Gasteiger charge is -2.45. The third kappa shape index (κ3) is 3.16. The zero-order valence-electron chi connectivity index (χ0n) is 20.5. The van der Waals surface area contributed by atoms with Gasteiger partial charge in [-0.05, 0) is 64.7 Å². The van der Waals surface area contributed by atoms with Crippen LogP contribution in [0.3, 0.4) is 0 Å². The summed E-state index contributed by atoms with van der Waals surface area (Å²) in [4.78, 5) is 41.7. The first kappa shape index (κ1) is 22.5. The molecular formula is C32H23NO5. The van der Waals surface area contributed by atoms with Gasteiger partial charge in [0.05, 0.1) is 30.2 Å². The van der Waals surface area contributed by atoms with Gasteiger partial charge in [-0.1, -0.05) is 54.6 Å². The SMILES string of the molecule is COc1cccc(C(=O)Oc2ccc(N3C(=O)[C@@H]4C5c6ccccc6C(c6ccccc65)[C@H]4C3=O)cc2)c1. The van der Waals surface area contributed by atoms with Gasteiger partial charge in [0.1, 0.15) is 11.5 Å². The van der Waals surface area contributed by atoms with Crippen LogP contribution in [0.15, 0.2) is 97.1 Å². The zero-order valence-corrected chi connectivity index (χ0v) is 20.5. The molecule has 1 aliphatic heterocycles. The molecule has 1 heterocycles. The number of rotatable bonds is 4. The summed E-state index contributed by atoms with van der Waals surface area (Å²) in [5.74, 6) is -1.20. The van der Waals surface area contributed by atoms with Crippen LogP contribution >= 0.6 is 0 Å². The lowest BCUT2D eigenvalue weighted by Crippen LogP contribution is -2.41. The Morgan fingerprint density at radius 1 is 0.658 bits per heavy atom. The Balaban J connectivity index is 1.19. The summed E-state index contributed by atoms with van der Waals surface area (Å²) in [7, 11) is 1.53. The van der Waals surface area contributed by atoms with Gasteiger partial charge in [-0.3, -0.25) is 9.59 Å². The number of carbonyl (C=O) groups is 3. The van der Waals surface area contributed by atoms with E-state index in [1.165, 1.54) is 12.0 Å². The third-order valence-electron chi connectivity index (χ3n) is 8.06. The molecular weight excluding hydrogens is 478 g/mol. The Morgan fingerprint density at radius 3 is 1.68 bits per heavy atom. The molecule has 6 nitrogen and oxygen atoms in total. The Bertz CT molecular complexity index is 1510. The number of amides is 2. The van der Waals surface area contributed by atoms with Crippen molar-refractivity contribution < 1.29 is 23.9 Å². The summed E-state index contributed by atoms with van der Waals surface area (Å²) in [6.07, 6.45) is 0. The van der Waals surface area contributed by atoms with Gasteiger partial charge >= 0.3 is 5.97 Å². The molecule has 8 rings (SSSR count). The molecule has 3 aliphatic carbocycles. The molecule has 6 heteroatoms. The van der Waals surface area contributed by atoms with Crippen LogP contribution in [0.5, 0.6) is 11.5 Å². The van der Waals surface area contributed by atoms with E-state index in [0.717, 1.165) is 22.3 Å². The number of nitrogens with zero attached hydrogens (tertiary/aromatic N) is 1. The summed E-state index contributed by atoms with van der Waals surface area (Å²) in [5.41, 5.74) is 5.39. The third-order valence-corrected chi connectivity index (χ3v) is 8.06. The van der Waals surface area contributed by atoms with Crippen molar-refractivity contribution in [3.8, 4) is 11.5 Å². The van der Waals surface area contributed by atoms with E-state index in [1.807, 2.05) is 24.3 Å². The topological polar surface area (TPSA) is 72.9 Å². The maximum atomic E-state index is 13.9. The van der Waals surface area contributed by atoms with Gasteiger partial charge in [-0.25, -0.2) is 9.69 Å². The number of carbonyl (C=O) groups excluding carboxylic acids is 3. The molecule has 4 aromatic rings. The summed E-state index contributed by atoms with van der Waals surface area (Å²) in [6.45, 7) is 0. The van der Waals surface area contributed by atoms with Crippen LogP contribution in [-0.4, -0.2) is 24.9 Å². The number of imide groups is 1. The highest BCUT2D eigenvalue weighted by molar-refractivity contribution is 6.23. The Morgan fingerprint density at radius 2 is 1.18 bits per heavy atom. The van der Waals surface area contributed by atoms with Crippen molar-refractivity contribution >= 4 is 23.5 Å². The van der Waals surface area contributed by atoms with Crippen LogP contribution < -0.4 is 14.4 Å². The minimum absolute atomic E-state index is 0.151. The largest absolute Gasteiger partial charge is 0.497 e. The van der Waals surface area contributed by atoms with E-state index < -0.39 is 17.8 Å². The summed E-state index contributed by atoms with van der Waals surface area (Å²) < 4.78 is 10.7. The highest BCUT2D eigenvalue weighted by Gasteiger charge is 2.61. The van der Waals surface area contributed by atoms with E-state index in [0.29, 0.717) is 22.7 Å². The maximum absolute atomic E-state index is 13.9. The second-order valence-electron chi connectivity index (χ2n) is 9.89. The van der Waals surface area contributed by atoms with Gasteiger partial charge in [0.15, 0.2) is 0 Å². The normalized spacial score (nSPS) is 22.5. The summed E-state index contributed by atoms with van der Waals surface area (Å²) in [6, 6.07) is 29.6. The highest BCUT2D eigenvalue weighted by atomic mass is 16.5. The van der Waals surface area contributed by atoms with Gasteiger partial charge < -0.3 is 9.47 Å². The molecule has 0 aromatic heterocycles. The first-order valence-corrected chi connectivity index (χ1v) is 12.6. The van der Waals surface area contributed by atoms with Crippen molar-refractivity contribution in [1.82, 2.24) is 0 Å². The number of methoxy groups -OCH3 is 1. The standard InChI is InChI=1S/C32H23NO5/c1-37-21-8-6-7-18(17-21)32(36)38-20-15-13-19(14-16-20)33-30(34)28-26-22-9-2-3-10-23(22)27(29(28)31(33)35)25-12-5-4-11-24(25)26/h2-17,26-29H,1H3/t26?,27?,28-,29-/m1/s1. The van der Waals surface area contributed by atoms with Gasteiger partial charge in [0.25, 0.3) is 0 Å². The number of esters is 1. The minimum atomic E-state index is -0.525. The van der Waals surface area contributed by atoms with Crippen LogP contribution in [-0.2, 0) is 9.59 Å². The molecule has 2 atom stereocenters. The smallest absolute Gasteiger partial charge is 0.343 e. The minimum Gasteiger partial charge on any atom is -0.497 e. The van der Waals surface area contributed by atoms with E-state index in [-0.39, 0.29) is 23.7 Å². The van der Waals surface area contributed by atoms with Gasteiger partial charge in [0, 0.05) is 11.8 Å². The summed E-state index contributed by atoms with van der Waals surface area (Å²) in [5, 5.41) is 0. The van der Waals surface area contributed by atoms with Crippen molar-refractivity contribution in [2.24, 2.45) is 11.8 Å². The van der Waals surface area contributed by atoms with Crippen LogP contribution in [0.2, 0.25) is 0 Å². The first-order chi connectivity index (χ1) is 18.6. The molecule has 0 N–H and O–H groups in total. The van der Waals surface area contributed by atoms with E-state index in [4.69, 9.17) is 9.47 Å². The fourth-order valence-corrected chi connectivity index (χ4v) is 6.51. The molecule has 2 bridgehead atoms. The van der Waals surface area contributed by atoms with Crippen LogP contribution in [0.25, 0.3) is 0 Å². The average molecular weight is 502 g/mol. The number of ether oxygens (including phenoxy) is 2. The predicted molar refractivity (Wildman–Crippen MR) is 140 cm³/mol. The van der Waals surface area contributed by atoms with Crippen LogP contribution in [0.4, 0.5) is 5.69 Å². The Hall–Kier alpha value is -4.71. The van der Waals surface area contributed by atoms with Gasteiger partial charge in [-0.2, -0.15) is 0 Å². The fourth-order valence-electron chi connectivity index (χ4n) is 6.51. The lowest BCUT2D eigenvalue weighted by atomic mass is 9.55. The molecule has 4 aromatic carbocycles. The number of hydrogen-bond acceptors (Lipinski definition) is 5. The predicted octanol–water partition coefficient (Wildman–Crippen LogP) is 5.31. The molecule has 0 spiro atoms. The number of hydrogen-bond donors (Lipinski definition) is 0. The molecule has 0 saturated carbocycles. The van der Waals surface area contributed by atoms with Crippen molar-refractivity contribution in [2.45, 2.75) is 11.8 Å². The molecule has 38 heavy (non-hydrogen) atoms. The van der Waals surface area contributed by atoms with Crippen molar-refractivity contribution in [1.29, 1.82) is 0 Å². The maximum Gasteiger partial charge on any atom is 0.343 e. The number of benzene rings is 4. The van der Waals surface area contributed by atoms with Crippen LogP contribution in [0.1, 0.15) is 44.4 Å². The van der Waals surface area contributed by atoms with Crippen molar-refractivity contribution in [3.05, 3.63) is 125 Å². The van der Waals surface area contributed by atoms with Crippen molar-refractivity contribution in [3.63, 3.8) is 0 Å². The zero-order chi connectivity index (χ0) is 26.0. The summed E-state index contributed by atoms with van der Waals surface area (Å²) >= 11 is 0. The fraction of sp³-hybridized carbons (Fsp3) is 0.156. The van der Waals surface area contributed by atoms with E-state index in [2.05, 4.69) is 24.3 Å². The van der Waals surface area contributed by atoms with Crippen molar-refractivity contribution in [2.75, 3.05) is 12.0 Å². The lowest BCUT2D eigenvalue weighted by molar-refractivity contribution is -0.122. The molecule has 4 aliphatic rings. The molecule has 1 saturated heterocycles. The highest BCUT2D eigenvalue weighted by Crippen LogP contribution is 2.61. The molecule has 2 amide bonds. The van der Waals surface area contributed by atoms with E-state index in [9.17, 15) is 14.4 Å². The molecule has 1 fully saturated rings. The molecule has 0 radical (unpaired) electrons. The average Bonchev–Trinajstić information content (AvgIpc) is 3.23. The first-order valence-electron chi connectivity index (χ1n) is 12.6. The Labute approximate surface area is 219 Å². The Kier molecular flexibility index (Phi) is 4.98. The van der Waals surface area contributed by atoms with Gasteiger partial charge in [-0.15, -0.1) is 0 Å². The van der Waals surface area contributed by atoms with E-state index >= 15 is 0 Å². The quantitative estimate of drug-likeness (QED) is 0.215. The second-order valence-corrected chi connectivity index (χ2v) is 9.89. The number of anilines is 1. The van der Waals surface area contributed by atoms with Crippen LogP contribution in [0, 0.1) is 11.8 Å².